The Balaban J connectivity index is 1.38. The van der Waals surface area contributed by atoms with Crippen LogP contribution in [0.2, 0.25) is 0 Å². The maximum atomic E-state index is 12.2. The first kappa shape index (κ1) is 21.6. The molecule has 0 radical (unpaired) electrons. The number of rotatable bonds is 9. The third kappa shape index (κ3) is 5.33. The lowest BCUT2D eigenvalue weighted by atomic mass is 9.97. The fraction of sp³-hybridized carbons (Fsp3) is 0.214. The maximum absolute atomic E-state index is 12.2. The van der Waals surface area contributed by atoms with Crippen molar-refractivity contribution in [1.29, 1.82) is 0 Å². The summed E-state index contributed by atoms with van der Waals surface area (Å²) in [6.07, 6.45) is 6.45. The van der Waals surface area contributed by atoms with E-state index >= 15 is 0 Å². The van der Waals surface area contributed by atoms with Crippen molar-refractivity contribution < 1.29 is 9.53 Å². The Labute approximate surface area is 188 Å². The number of benzene rings is 4. The molecule has 0 heterocycles. The first-order valence-electron chi connectivity index (χ1n) is 11.2. The predicted molar refractivity (Wildman–Crippen MR) is 132 cm³/mol. The van der Waals surface area contributed by atoms with Crippen LogP contribution in [-0.2, 0) is 11.2 Å². The zero-order valence-electron chi connectivity index (χ0n) is 18.4. The van der Waals surface area contributed by atoms with Crippen LogP contribution < -0.4 is 10.2 Å². The number of hydrogen-bond donors (Lipinski definition) is 1. The van der Waals surface area contributed by atoms with E-state index in [0.29, 0.717) is 5.75 Å². The number of nitrogens with zero attached hydrogens (tertiary/aromatic N) is 1. The van der Waals surface area contributed by atoms with Gasteiger partial charge in [-0.3, -0.25) is 4.79 Å². The average Bonchev–Trinajstić information content (AvgIpc) is 2.83. The van der Waals surface area contributed by atoms with E-state index in [0.717, 1.165) is 33.5 Å². The van der Waals surface area contributed by atoms with Crippen molar-refractivity contribution >= 4 is 33.7 Å². The molecule has 1 amide bonds. The summed E-state index contributed by atoms with van der Waals surface area (Å²) >= 11 is 0. The number of nitrogens with one attached hydrogen (secondary N) is 1. The normalized spacial score (nSPS) is 11.3. The molecule has 0 aliphatic rings. The lowest BCUT2D eigenvalue weighted by Crippen LogP contribution is -2.24. The van der Waals surface area contributed by atoms with Crippen LogP contribution in [0.15, 0.2) is 84.0 Å². The van der Waals surface area contributed by atoms with Crippen molar-refractivity contribution in [1.82, 2.24) is 5.43 Å². The molecule has 0 saturated carbocycles. The van der Waals surface area contributed by atoms with E-state index in [4.69, 9.17) is 4.74 Å². The molecule has 0 bridgehead atoms. The Bertz CT molecular complexity index is 1180. The molecule has 4 aromatic rings. The van der Waals surface area contributed by atoms with E-state index < -0.39 is 0 Å². The van der Waals surface area contributed by atoms with Crippen LogP contribution in [0.3, 0.4) is 0 Å². The van der Waals surface area contributed by atoms with E-state index in [2.05, 4.69) is 59.9 Å². The SMILES string of the molecule is CCCCCc1ccc(OCC(=O)NN=Cc2c3ccccc3cc3ccccc23)cc1. The van der Waals surface area contributed by atoms with Crippen LogP contribution in [0.1, 0.15) is 37.3 Å². The molecule has 0 atom stereocenters. The van der Waals surface area contributed by atoms with Crippen LogP contribution >= 0.6 is 0 Å². The van der Waals surface area contributed by atoms with E-state index in [-0.39, 0.29) is 12.5 Å². The number of amides is 1. The number of carbonyl (C=O) groups excluding carboxylic acids is 1. The van der Waals surface area contributed by atoms with Gasteiger partial charge in [0.1, 0.15) is 5.75 Å². The summed E-state index contributed by atoms with van der Waals surface area (Å²) in [5.74, 6) is 0.390. The fourth-order valence-corrected chi connectivity index (χ4v) is 3.87. The molecule has 162 valence electrons. The van der Waals surface area contributed by atoms with E-state index in [9.17, 15) is 4.79 Å². The van der Waals surface area contributed by atoms with E-state index in [1.54, 1.807) is 6.21 Å². The summed E-state index contributed by atoms with van der Waals surface area (Å²) in [5, 5.41) is 8.68. The highest BCUT2D eigenvalue weighted by Crippen LogP contribution is 2.27. The molecule has 0 unspecified atom stereocenters. The van der Waals surface area contributed by atoms with Gasteiger partial charge in [-0.1, -0.05) is 80.4 Å². The molecule has 4 aromatic carbocycles. The molecule has 32 heavy (non-hydrogen) atoms. The van der Waals surface area contributed by atoms with Gasteiger partial charge >= 0.3 is 0 Å². The summed E-state index contributed by atoms with van der Waals surface area (Å²) in [5.41, 5.74) is 4.86. The molecule has 4 nitrogen and oxygen atoms in total. The zero-order chi connectivity index (χ0) is 22.2. The first-order valence-corrected chi connectivity index (χ1v) is 11.2. The monoisotopic (exact) mass is 424 g/mol. The van der Waals surface area contributed by atoms with Crippen molar-refractivity contribution in [2.24, 2.45) is 5.10 Å². The number of hydrazone groups is 1. The second-order valence-corrected chi connectivity index (χ2v) is 7.92. The zero-order valence-corrected chi connectivity index (χ0v) is 18.4. The van der Waals surface area contributed by atoms with Crippen LogP contribution in [0.5, 0.6) is 5.75 Å². The second kappa shape index (κ2) is 10.6. The molecule has 0 aliphatic carbocycles. The third-order valence-corrected chi connectivity index (χ3v) is 5.56. The van der Waals surface area contributed by atoms with Crippen LogP contribution in [0.4, 0.5) is 0 Å². The Morgan fingerprint density at radius 3 is 2.22 bits per heavy atom. The van der Waals surface area contributed by atoms with Gasteiger partial charge in [-0.15, -0.1) is 0 Å². The minimum absolute atomic E-state index is 0.0805. The molecule has 0 aromatic heterocycles. The third-order valence-electron chi connectivity index (χ3n) is 5.56. The van der Waals surface area contributed by atoms with Crippen LogP contribution in [-0.4, -0.2) is 18.7 Å². The van der Waals surface area contributed by atoms with Gasteiger partial charge in [0.25, 0.3) is 5.91 Å². The number of unbranched alkanes of at least 4 members (excludes halogenated alkanes) is 2. The first-order chi connectivity index (χ1) is 15.7. The molecule has 4 heteroatoms. The summed E-state index contributed by atoms with van der Waals surface area (Å²) in [7, 11) is 0. The smallest absolute Gasteiger partial charge is 0.277 e. The van der Waals surface area contributed by atoms with Gasteiger partial charge in [0.05, 0.1) is 6.21 Å². The van der Waals surface area contributed by atoms with Gasteiger partial charge in [-0.25, -0.2) is 5.43 Å². The van der Waals surface area contributed by atoms with Crippen molar-refractivity contribution in [3.8, 4) is 5.75 Å². The highest BCUT2D eigenvalue weighted by Gasteiger charge is 2.06. The van der Waals surface area contributed by atoms with Gasteiger partial charge in [0.2, 0.25) is 0 Å². The lowest BCUT2D eigenvalue weighted by Gasteiger charge is -2.08. The number of fused-ring (bicyclic) bond motifs is 2. The fourth-order valence-electron chi connectivity index (χ4n) is 3.87. The minimum atomic E-state index is -0.294. The molecule has 0 aliphatic heterocycles. The summed E-state index contributed by atoms with van der Waals surface area (Å²) in [6.45, 7) is 2.12. The van der Waals surface area contributed by atoms with Crippen molar-refractivity contribution in [2.45, 2.75) is 32.6 Å². The number of ether oxygens (including phenoxy) is 1. The molecule has 0 saturated heterocycles. The molecular weight excluding hydrogens is 396 g/mol. The Kier molecular flexibility index (Phi) is 7.13. The highest BCUT2D eigenvalue weighted by atomic mass is 16.5. The molecule has 0 spiro atoms. The summed E-state index contributed by atoms with van der Waals surface area (Å²) in [4.78, 5) is 12.2. The van der Waals surface area contributed by atoms with Crippen molar-refractivity contribution in [3.05, 3.63) is 90.0 Å². The lowest BCUT2D eigenvalue weighted by molar-refractivity contribution is -0.123. The van der Waals surface area contributed by atoms with Crippen LogP contribution in [0.25, 0.3) is 21.5 Å². The Morgan fingerprint density at radius 2 is 1.56 bits per heavy atom. The molecule has 0 fully saturated rings. The highest BCUT2D eigenvalue weighted by molar-refractivity contribution is 6.13. The summed E-state index contributed by atoms with van der Waals surface area (Å²) < 4.78 is 5.61. The molecule has 4 rings (SSSR count). The van der Waals surface area contributed by atoms with E-state index in [1.807, 2.05) is 36.4 Å². The number of hydrogen-bond acceptors (Lipinski definition) is 3. The average molecular weight is 425 g/mol. The standard InChI is InChI=1S/C28H28N2O2/c1-2-3-4-9-21-14-16-24(17-15-21)32-20-28(31)30-29-19-27-25-12-7-5-10-22(25)18-23-11-6-8-13-26(23)27/h5-8,10-19H,2-4,9,20H2,1H3,(H,30,31). The van der Waals surface area contributed by atoms with Gasteiger partial charge in [-0.2, -0.15) is 5.10 Å². The van der Waals surface area contributed by atoms with Crippen molar-refractivity contribution in [2.75, 3.05) is 6.61 Å². The van der Waals surface area contributed by atoms with Gasteiger partial charge < -0.3 is 4.74 Å². The van der Waals surface area contributed by atoms with Gasteiger partial charge in [0, 0.05) is 5.56 Å². The predicted octanol–water partition coefficient (Wildman–Crippen LogP) is 6.25. The second-order valence-electron chi connectivity index (χ2n) is 7.92. The number of carbonyl (C=O) groups is 1. The quantitative estimate of drug-likeness (QED) is 0.149. The van der Waals surface area contributed by atoms with Gasteiger partial charge in [-0.05, 0) is 58.1 Å². The number of aryl methyl sites for hydroxylation is 1. The Hall–Kier alpha value is -3.66. The van der Waals surface area contributed by atoms with Gasteiger partial charge in [0.15, 0.2) is 6.61 Å². The Morgan fingerprint density at radius 1 is 0.906 bits per heavy atom. The molecular formula is C28H28N2O2. The van der Waals surface area contributed by atoms with E-state index in [1.165, 1.54) is 24.8 Å². The topological polar surface area (TPSA) is 50.7 Å². The minimum Gasteiger partial charge on any atom is -0.484 e. The van der Waals surface area contributed by atoms with Crippen molar-refractivity contribution in [3.63, 3.8) is 0 Å². The largest absolute Gasteiger partial charge is 0.484 e. The molecule has 1 N–H and O–H groups in total. The maximum Gasteiger partial charge on any atom is 0.277 e. The van der Waals surface area contributed by atoms with Crippen LogP contribution in [0, 0.1) is 0 Å². The summed E-state index contributed by atoms with van der Waals surface area (Å²) in [6, 6.07) is 26.5.